The minimum absolute atomic E-state index is 0.117. The lowest BCUT2D eigenvalue weighted by Crippen LogP contribution is -2.47. The Morgan fingerprint density at radius 2 is 1.69 bits per heavy atom. The van der Waals surface area contributed by atoms with Gasteiger partial charge in [-0.25, -0.2) is 13.1 Å². The zero-order valence-corrected chi connectivity index (χ0v) is 17.4. The van der Waals surface area contributed by atoms with Crippen molar-refractivity contribution in [1.29, 1.82) is 0 Å². The van der Waals surface area contributed by atoms with Gasteiger partial charge in [0.15, 0.2) is 0 Å². The van der Waals surface area contributed by atoms with E-state index in [0.29, 0.717) is 41.4 Å². The number of hydrogen-bond acceptors (Lipinski definition) is 4. The average molecular weight is 422 g/mol. The van der Waals surface area contributed by atoms with E-state index in [2.05, 4.69) is 15.6 Å². The third-order valence-electron chi connectivity index (χ3n) is 4.48. The molecule has 1 aromatic carbocycles. The van der Waals surface area contributed by atoms with Crippen molar-refractivity contribution in [3.63, 3.8) is 0 Å². The van der Waals surface area contributed by atoms with Gasteiger partial charge in [-0.05, 0) is 64.7 Å². The van der Waals surface area contributed by atoms with Gasteiger partial charge >= 0.3 is 0 Å². The Hall–Kier alpha value is -1.02. The number of rotatable bonds is 5. The summed E-state index contributed by atoms with van der Waals surface area (Å²) < 4.78 is 26.4. The van der Waals surface area contributed by atoms with Gasteiger partial charge in [0.25, 0.3) is 0 Å². The van der Waals surface area contributed by atoms with Crippen LogP contribution in [0.2, 0.25) is 10.0 Å². The molecule has 2 rings (SSSR count). The van der Waals surface area contributed by atoms with E-state index >= 15 is 0 Å². The number of carbonyl (C=O) groups excluding carboxylic acids is 1. The fourth-order valence-electron chi connectivity index (χ4n) is 2.68. The molecule has 3 N–H and O–H groups in total. The highest BCUT2D eigenvalue weighted by Crippen LogP contribution is 2.27. The van der Waals surface area contributed by atoms with Crippen molar-refractivity contribution in [3.05, 3.63) is 28.2 Å². The molecule has 0 unspecified atom stereocenters. The molecule has 1 aliphatic rings. The van der Waals surface area contributed by atoms with E-state index in [-0.39, 0.29) is 17.9 Å². The molecule has 1 aromatic rings. The first kappa shape index (κ1) is 21.3. The second-order valence-corrected chi connectivity index (χ2v) is 10.8. The molecule has 0 spiro atoms. The predicted octanol–water partition coefficient (Wildman–Crippen LogP) is 3.71. The number of benzene rings is 1. The van der Waals surface area contributed by atoms with Crippen LogP contribution in [0.3, 0.4) is 0 Å². The van der Waals surface area contributed by atoms with Gasteiger partial charge in [0, 0.05) is 12.0 Å². The third-order valence-corrected chi connectivity index (χ3v) is 7.47. The van der Waals surface area contributed by atoms with E-state index in [9.17, 15) is 13.2 Å². The van der Waals surface area contributed by atoms with E-state index in [1.54, 1.807) is 39.0 Å². The Labute approximate surface area is 165 Å². The molecule has 0 saturated heterocycles. The molecular formula is C17H25Cl2N3O3S. The van der Waals surface area contributed by atoms with Crippen molar-refractivity contribution >= 4 is 44.8 Å². The maximum atomic E-state index is 12.3. The lowest BCUT2D eigenvalue weighted by atomic mass is 9.86. The fourth-order valence-corrected chi connectivity index (χ4v) is 4.01. The van der Waals surface area contributed by atoms with Gasteiger partial charge in [-0.2, -0.15) is 0 Å². The normalized spacial score (nSPS) is 21.3. The first-order chi connectivity index (χ1) is 12.0. The van der Waals surface area contributed by atoms with Crippen LogP contribution in [0.15, 0.2) is 18.2 Å². The van der Waals surface area contributed by atoms with Gasteiger partial charge in [0.1, 0.15) is 0 Å². The number of hydrazine groups is 1. The lowest BCUT2D eigenvalue weighted by Gasteiger charge is -2.30. The minimum Gasteiger partial charge on any atom is -0.299 e. The summed E-state index contributed by atoms with van der Waals surface area (Å²) in [7, 11) is -3.38. The highest BCUT2D eigenvalue weighted by atomic mass is 35.5. The summed E-state index contributed by atoms with van der Waals surface area (Å²) in [5, 5.41) is 0.845. The maximum absolute atomic E-state index is 12.3. The molecule has 0 bridgehead atoms. The molecule has 6 nitrogen and oxygen atoms in total. The molecule has 146 valence electrons. The van der Waals surface area contributed by atoms with E-state index < -0.39 is 14.8 Å². The first-order valence-electron chi connectivity index (χ1n) is 8.52. The van der Waals surface area contributed by atoms with Crippen LogP contribution in [0.5, 0.6) is 0 Å². The van der Waals surface area contributed by atoms with Crippen LogP contribution < -0.4 is 15.6 Å². The Bertz CT molecular complexity index is 755. The van der Waals surface area contributed by atoms with Gasteiger partial charge in [-0.1, -0.05) is 23.2 Å². The lowest BCUT2D eigenvalue weighted by molar-refractivity contribution is -0.125. The molecule has 1 amide bonds. The molecule has 9 heteroatoms. The molecule has 1 saturated carbocycles. The summed E-state index contributed by atoms with van der Waals surface area (Å²) in [6.45, 7) is 5.01. The van der Waals surface area contributed by atoms with E-state index in [0.717, 1.165) is 0 Å². The number of amides is 1. The zero-order valence-electron chi connectivity index (χ0n) is 15.1. The van der Waals surface area contributed by atoms with Crippen molar-refractivity contribution in [3.8, 4) is 0 Å². The predicted molar refractivity (Wildman–Crippen MR) is 106 cm³/mol. The molecule has 0 atom stereocenters. The molecule has 0 heterocycles. The summed E-state index contributed by atoms with van der Waals surface area (Å²) in [5.41, 5.74) is 6.14. The van der Waals surface area contributed by atoms with Crippen molar-refractivity contribution < 1.29 is 13.2 Å². The smallest absolute Gasteiger partial charge is 0.241 e. The Balaban J connectivity index is 1.82. The topological polar surface area (TPSA) is 87.3 Å². The molecule has 1 fully saturated rings. The first-order valence-corrected chi connectivity index (χ1v) is 10.8. The molecule has 1 aliphatic carbocycles. The van der Waals surface area contributed by atoms with Crippen LogP contribution in [-0.4, -0.2) is 25.1 Å². The summed E-state index contributed by atoms with van der Waals surface area (Å²) in [5.74, 6) is -0.270. The Morgan fingerprint density at radius 3 is 2.23 bits per heavy atom. The van der Waals surface area contributed by atoms with Crippen LogP contribution in [0, 0.1) is 5.92 Å². The van der Waals surface area contributed by atoms with Crippen LogP contribution in [0.1, 0.15) is 46.5 Å². The van der Waals surface area contributed by atoms with Crippen molar-refractivity contribution in [1.82, 2.24) is 10.1 Å². The number of halogens is 2. The number of carbonyl (C=O) groups is 1. The van der Waals surface area contributed by atoms with Crippen molar-refractivity contribution in [2.24, 2.45) is 5.92 Å². The van der Waals surface area contributed by atoms with Gasteiger partial charge in [-0.15, -0.1) is 0 Å². The van der Waals surface area contributed by atoms with Gasteiger partial charge in [0.05, 0.1) is 20.5 Å². The highest BCUT2D eigenvalue weighted by molar-refractivity contribution is 7.90. The third kappa shape index (κ3) is 5.49. The van der Waals surface area contributed by atoms with Crippen molar-refractivity contribution in [2.75, 3.05) is 5.43 Å². The number of sulfonamides is 1. The second kappa shape index (κ2) is 8.33. The summed E-state index contributed by atoms with van der Waals surface area (Å²) in [6, 6.07) is 4.87. The van der Waals surface area contributed by atoms with Gasteiger partial charge in [-0.3, -0.25) is 15.6 Å². The fraction of sp³-hybridized carbons (Fsp3) is 0.588. The van der Waals surface area contributed by atoms with Gasteiger partial charge in [0.2, 0.25) is 15.9 Å². The largest absolute Gasteiger partial charge is 0.299 e. The molecule has 0 aromatic heterocycles. The molecule has 26 heavy (non-hydrogen) atoms. The maximum Gasteiger partial charge on any atom is 0.241 e. The zero-order chi connectivity index (χ0) is 19.5. The monoisotopic (exact) mass is 421 g/mol. The quantitative estimate of drug-likeness (QED) is 0.632. The minimum atomic E-state index is -3.38. The summed E-state index contributed by atoms with van der Waals surface area (Å²) in [6.07, 6.45) is 2.54. The number of anilines is 1. The Kier molecular flexibility index (Phi) is 6.82. The van der Waals surface area contributed by atoms with E-state index in [1.165, 1.54) is 0 Å². The van der Waals surface area contributed by atoms with E-state index in [4.69, 9.17) is 23.2 Å². The van der Waals surface area contributed by atoms with Gasteiger partial charge < -0.3 is 0 Å². The van der Waals surface area contributed by atoms with Crippen LogP contribution in [-0.2, 0) is 14.8 Å². The average Bonchev–Trinajstić information content (AvgIpc) is 2.55. The van der Waals surface area contributed by atoms with Crippen LogP contribution in [0.25, 0.3) is 0 Å². The second-order valence-electron chi connectivity index (χ2n) is 7.53. The summed E-state index contributed by atoms with van der Waals surface area (Å²) in [4.78, 5) is 12.3. The SMILES string of the molecule is CC(C)(C)S(=O)(=O)N[C@H]1CC[C@H](C(=O)NNc2ccc(Cl)c(Cl)c2)CC1. The molecule has 0 aliphatic heterocycles. The van der Waals surface area contributed by atoms with Crippen LogP contribution in [0.4, 0.5) is 5.69 Å². The van der Waals surface area contributed by atoms with Crippen molar-refractivity contribution in [2.45, 2.75) is 57.2 Å². The van der Waals surface area contributed by atoms with Crippen LogP contribution >= 0.6 is 23.2 Å². The molecular weight excluding hydrogens is 397 g/mol. The Morgan fingerprint density at radius 1 is 1.08 bits per heavy atom. The number of hydrogen-bond donors (Lipinski definition) is 3. The van der Waals surface area contributed by atoms with E-state index in [1.807, 2.05) is 0 Å². The standard InChI is InChI=1S/C17H25Cl2N3O3S/c1-17(2,3)26(24,25)22-12-6-4-11(5-7-12)16(23)21-20-13-8-9-14(18)15(19)10-13/h8-12,20,22H,4-7H2,1-3H3,(H,21,23)/t11-,12-. The molecule has 0 radical (unpaired) electrons. The highest BCUT2D eigenvalue weighted by Gasteiger charge is 2.34. The number of nitrogens with one attached hydrogen (secondary N) is 3. The summed E-state index contributed by atoms with van der Waals surface area (Å²) >= 11 is 11.8.